The lowest BCUT2D eigenvalue weighted by Gasteiger charge is -2.31. The van der Waals surface area contributed by atoms with Crippen LogP contribution < -0.4 is 10.1 Å². The van der Waals surface area contributed by atoms with Gasteiger partial charge in [-0.1, -0.05) is 43.7 Å². The first-order chi connectivity index (χ1) is 16.0. The van der Waals surface area contributed by atoms with Crippen molar-refractivity contribution in [1.82, 2.24) is 9.62 Å². The summed E-state index contributed by atoms with van der Waals surface area (Å²) in [7, 11) is -1.72. The number of ether oxygens (including phenoxy) is 1. The van der Waals surface area contributed by atoms with E-state index in [0.29, 0.717) is 31.8 Å². The third-order valence-corrected chi connectivity index (χ3v) is 8.57. The van der Waals surface area contributed by atoms with E-state index in [2.05, 4.69) is 25.2 Å². The number of rotatable bonds is 8. The first-order valence-electron chi connectivity index (χ1n) is 12.0. The van der Waals surface area contributed by atoms with Crippen LogP contribution in [0.5, 0.6) is 5.75 Å². The monoisotopic (exact) mass is 486 g/mol. The molecule has 186 valence electrons. The van der Waals surface area contributed by atoms with Crippen LogP contribution in [0.3, 0.4) is 0 Å². The number of carbonyl (C=O) groups is 1. The van der Waals surface area contributed by atoms with Gasteiger partial charge >= 0.3 is 0 Å². The molecule has 1 atom stereocenters. The summed E-state index contributed by atoms with van der Waals surface area (Å²) in [4.78, 5) is 13.0. The van der Waals surface area contributed by atoms with Gasteiger partial charge in [0.25, 0.3) is 0 Å². The number of nitrogens with one attached hydrogen (secondary N) is 1. The number of methoxy groups -OCH3 is 1. The smallest absolute Gasteiger partial charge is 0.223 e. The summed E-state index contributed by atoms with van der Waals surface area (Å²) >= 11 is 0. The summed E-state index contributed by atoms with van der Waals surface area (Å²) in [5.41, 5.74) is 5.12. The quantitative estimate of drug-likeness (QED) is 0.578. The molecule has 0 radical (unpaired) electrons. The maximum atomic E-state index is 13.0. The molecule has 1 aliphatic rings. The van der Waals surface area contributed by atoms with Crippen LogP contribution >= 0.6 is 0 Å². The maximum absolute atomic E-state index is 13.0. The fraction of sp³-hybridized carbons (Fsp3) is 0.519. The van der Waals surface area contributed by atoms with Crippen molar-refractivity contribution in [3.8, 4) is 5.75 Å². The van der Waals surface area contributed by atoms with Gasteiger partial charge in [-0.15, -0.1) is 0 Å². The Morgan fingerprint density at radius 1 is 1.09 bits per heavy atom. The van der Waals surface area contributed by atoms with Crippen molar-refractivity contribution in [1.29, 1.82) is 0 Å². The lowest BCUT2D eigenvalue weighted by atomic mass is 9.92. The third-order valence-electron chi connectivity index (χ3n) is 6.72. The second-order valence-electron chi connectivity index (χ2n) is 9.75. The van der Waals surface area contributed by atoms with E-state index in [0.717, 1.165) is 33.6 Å². The molecule has 1 heterocycles. The van der Waals surface area contributed by atoms with Crippen LogP contribution in [0.2, 0.25) is 0 Å². The minimum absolute atomic E-state index is 0.00247. The second kappa shape index (κ2) is 10.9. The van der Waals surface area contributed by atoms with E-state index in [9.17, 15) is 13.2 Å². The van der Waals surface area contributed by atoms with Crippen LogP contribution in [-0.4, -0.2) is 38.8 Å². The number of benzene rings is 2. The average molecular weight is 487 g/mol. The summed E-state index contributed by atoms with van der Waals surface area (Å²) in [6, 6.07) is 11.6. The highest BCUT2D eigenvalue weighted by Gasteiger charge is 2.32. The van der Waals surface area contributed by atoms with Crippen molar-refractivity contribution in [3.05, 3.63) is 64.2 Å². The van der Waals surface area contributed by atoms with Crippen LogP contribution in [-0.2, 0) is 20.6 Å². The summed E-state index contributed by atoms with van der Waals surface area (Å²) in [5, 5.41) is 3.16. The molecule has 0 bridgehead atoms. The highest BCUT2D eigenvalue weighted by Crippen LogP contribution is 2.32. The Morgan fingerprint density at radius 2 is 1.76 bits per heavy atom. The molecule has 0 aliphatic carbocycles. The van der Waals surface area contributed by atoms with Gasteiger partial charge in [0.2, 0.25) is 15.9 Å². The number of aryl methyl sites for hydroxylation is 2. The largest absolute Gasteiger partial charge is 0.496 e. The molecule has 0 spiro atoms. The molecule has 1 fully saturated rings. The minimum atomic E-state index is -3.40. The SMILES string of the molecule is COc1cc(C)c([C@H](C)NC(=O)C2CCN(S(=O)(=O)Cc3cccc(C)c3)CC2)cc1C(C)C. The van der Waals surface area contributed by atoms with Gasteiger partial charge in [-0.2, -0.15) is 0 Å². The van der Waals surface area contributed by atoms with Crippen molar-refractivity contribution in [2.75, 3.05) is 20.2 Å². The van der Waals surface area contributed by atoms with E-state index in [1.165, 1.54) is 4.31 Å². The molecular formula is C27H38N2O4S. The van der Waals surface area contributed by atoms with E-state index in [-0.39, 0.29) is 23.6 Å². The molecule has 0 saturated carbocycles. The van der Waals surface area contributed by atoms with Crippen LogP contribution in [0.15, 0.2) is 36.4 Å². The molecule has 1 saturated heterocycles. The molecule has 1 aliphatic heterocycles. The van der Waals surface area contributed by atoms with Crippen molar-refractivity contribution < 1.29 is 17.9 Å². The van der Waals surface area contributed by atoms with Crippen LogP contribution in [0.1, 0.15) is 73.4 Å². The molecule has 1 amide bonds. The molecule has 7 heteroatoms. The van der Waals surface area contributed by atoms with E-state index in [1.54, 1.807) is 7.11 Å². The molecule has 34 heavy (non-hydrogen) atoms. The molecule has 2 aromatic rings. The van der Waals surface area contributed by atoms with Gasteiger partial charge < -0.3 is 10.1 Å². The highest BCUT2D eigenvalue weighted by molar-refractivity contribution is 7.88. The number of piperidine rings is 1. The summed E-state index contributed by atoms with van der Waals surface area (Å²) in [5.74, 6) is 0.982. The zero-order chi connectivity index (χ0) is 25.0. The molecule has 0 aromatic heterocycles. The molecule has 0 unspecified atom stereocenters. The fourth-order valence-electron chi connectivity index (χ4n) is 4.72. The van der Waals surface area contributed by atoms with E-state index >= 15 is 0 Å². The number of sulfonamides is 1. The maximum Gasteiger partial charge on any atom is 0.223 e. The molecular weight excluding hydrogens is 448 g/mol. The zero-order valence-electron chi connectivity index (χ0n) is 21.2. The fourth-order valence-corrected chi connectivity index (χ4v) is 6.27. The van der Waals surface area contributed by atoms with E-state index in [1.807, 2.05) is 51.1 Å². The summed E-state index contributed by atoms with van der Waals surface area (Å²) in [6.07, 6.45) is 1.06. The predicted octanol–water partition coefficient (Wildman–Crippen LogP) is 4.85. The summed E-state index contributed by atoms with van der Waals surface area (Å²) in [6.45, 7) is 11.0. The Kier molecular flexibility index (Phi) is 8.42. The molecule has 6 nitrogen and oxygen atoms in total. The van der Waals surface area contributed by atoms with Gasteiger partial charge in [-0.05, 0) is 73.9 Å². The Labute approximate surface area is 204 Å². The molecule has 2 aromatic carbocycles. The number of hydrogen-bond donors (Lipinski definition) is 1. The molecule has 1 N–H and O–H groups in total. The predicted molar refractivity (Wildman–Crippen MR) is 136 cm³/mol. The van der Waals surface area contributed by atoms with Gasteiger partial charge in [-0.3, -0.25) is 4.79 Å². The number of hydrogen-bond acceptors (Lipinski definition) is 4. The Bertz CT molecular complexity index is 1120. The zero-order valence-corrected chi connectivity index (χ0v) is 22.0. The van der Waals surface area contributed by atoms with Gasteiger partial charge in [0.05, 0.1) is 18.9 Å². The number of carbonyl (C=O) groups excluding carboxylic acids is 1. The second-order valence-corrected chi connectivity index (χ2v) is 11.7. The first-order valence-corrected chi connectivity index (χ1v) is 13.6. The van der Waals surface area contributed by atoms with Crippen LogP contribution in [0.4, 0.5) is 0 Å². The van der Waals surface area contributed by atoms with Gasteiger partial charge in [0.15, 0.2) is 0 Å². The van der Waals surface area contributed by atoms with Crippen molar-refractivity contribution >= 4 is 15.9 Å². The normalized spacial score (nSPS) is 16.4. The lowest BCUT2D eigenvalue weighted by Crippen LogP contribution is -2.43. The van der Waals surface area contributed by atoms with Crippen molar-refractivity contribution in [2.24, 2.45) is 5.92 Å². The Morgan fingerprint density at radius 3 is 2.35 bits per heavy atom. The number of amides is 1. The third kappa shape index (κ3) is 6.19. The van der Waals surface area contributed by atoms with E-state index in [4.69, 9.17) is 4.74 Å². The Hall–Kier alpha value is -2.38. The topological polar surface area (TPSA) is 75.7 Å². The van der Waals surface area contributed by atoms with E-state index < -0.39 is 10.0 Å². The van der Waals surface area contributed by atoms with Gasteiger partial charge in [0, 0.05) is 19.0 Å². The number of nitrogens with zero attached hydrogens (tertiary/aromatic N) is 1. The first kappa shape index (κ1) is 26.2. The van der Waals surface area contributed by atoms with Gasteiger partial charge in [-0.25, -0.2) is 12.7 Å². The minimum Gasteiger partial charge on any atom is -0.496 e. The standard InChI is InChI=1S/C27H38N2O4S/c1-18(2)24-16-25(20(4)15-26(24)33-6)21(5)28-27(30)23-10-12-29(13-11-23)34(31,32)17-22-9-7-8-19(3)14-22/h7-9,14-16,18,21,23H,10-13,17H2,1-6H3,(H,28,30)/t21-/m0/s1. The van der Waals surface area contributed by atoms with Gasteiger partial charge in [0.1, 0.15) is 5.75 Å². The van der Waals surface area contributed by atoms with Crippen LogP contribution in [0, 0.1) is 19.8 Å². The average Bonchev–Trinajstić information content (AvgIpc) is 2.78. The highest BCUT2D eigenvalue weighted by atomic mass is 32.2. The van der Waals surface area contributed by atoms with Crippen molar-refractivity contribution in [2.45, 2.75) is 65.2 Å². The lowest BCUT2D eigenvalue weighted by molar-refractivity contribution is -0.126. The van der Waals surface area contributed by atoms with Crippen LogP contribution in [0.25, 0.3) is 0 Å². The molecule has 3 rings (SSSR count). The van der Waals surface area contributed by atoms with Crippen molar-refractivity contribution in [3.63, 3.8) is 0 Å². The Balaban J connectivity index is 1.61. The summed E-state index contributed by atoms with van der Waals surface area (Å²) < 4.78 is 32.9.